The van der Waals surface area contributed by atoms with Gasteiger partial charge in [0.1, 0.15) is 5.69 Å². The third-order valence-corrected chi connectivity index (χ3v) is 5.86. The Labute approximate surface area is 184 Å². The quantitative estimate of drug-likeness (QED) is 0.731. The Hall–Kier alpha value is -1.93. The van der Waals surface area contributed by atoms with Crippen molar-refractivity contribution in [3.8, 4) is 0 Å². The number of benzene rings is 1. The molecule has 1 amide bonds. The first-order valence-electron chi connectivity index (χ1n) is 10.6. The van der Waals surface area contributed by atoms with E-state index in [1.165, 1.54) is 11.1 Å². The van der Waals surface area contributed by atoms with Gasteiger partial charge in [-0.05, 0) is 37.9 Å². The summed E-state index contributed by atoms with van der Waals surface area (Å²) in [6.45, 7) is 7.84. The lowest BCUT2D eigenvalue weighted by molar-refractivity contribution is 0.0162. The Balaban J connectivity index is 0.00000256. The molecule has 0 saturated carbocycles. The standard InChI is InChI=1S/C22H31N5O2.ClH/c1-17-4-2-5-18(14-17)21(26-10-12-29-13-11-26)16-24-22(28)20-7-9-27(25-20)19-6-3-8-23-15-19;/h2,4-5,7,9,14,19,21,23H,3,6,8,10-13,15-16H2,1H3,(H,24,28);1H. The number of aromatic nitrogens is 2. The molecular formula is C22H32ClN5O2. The first kappa shape index (κ1) is 22.7. The number of nitrogens with zero attached hydrogens (tertiary/aromatic N) is 3. The highest BCUT2D eigenvalue weighted by molar-refractivity contribution is 5.92. The third kappa shape index (κ3) is 5.60. The molecule has 2 unspecified atom stereocenters. The van der Waals surface area contributed by atoms with Gasteiger partial charge in [-0.15, -0.1) is 12.4 Å². The van der Waals surface area contributed by atoms with Crippen LogP contribution in [0, 0.1) is 6.92 Å². The van der Waals surface area contributed by atoms with Gasteiger partial charge in [0.25, 0.3) is 5.91 Å². The first-order valence-corrected chi connectivity index (χ1v) is 10.6. The normalized spacial score (nSPS) is 20.9. The number of carbonyl (C=O) groups is 1. The molecule has 3 heterocycles. The van der Waals surface area contributed by atoms with Crippen LogP contribution in [0.25, 0.3) is 0 Å². The number of hydrogen-bond donors (Lipinski definition) is 2. The molecule has 0 bridgehead atoms. The highest BCUT2D eigenvalue weighted by Crippen LogP contribution is 2.22. The molecule has 0 radical (unpaired) electrons. The molecule has 2 atom stereocenters. The lowest BCUT2D eigenvalue weighted by Gasteiger charge is -2.35. The summed E-state index contributed by atoms with van der Waals surface area (Å²) in [5, 5.41) is 11.1. The highest BCUT2D eigenvalue weighted by atomic mass is 35.5. The maximum Gasteiger partial charge on any atom is 0.271 e. The molecule has 2 saturated heterocycles. The molecule has 2 aliphatic rings. The lowest BCUT2D eigenvalue weighted by Crippen LogP contribution is -2.44. The molecular weight excluding hydrogens is 402 g/mol. The number of hydrogen-bond acceptors (Lipinski definition) is 5. The molecule has 2 aliphatic heterocycles. The van der Waals surface area contributed by atoms with Crippen molar-refractivity contribution in [2.24, 2.45) is 0 Å². The largest absolute Gasteiger partial charge is 0.379 e. The molecule has 30 heavy (non-hydrogen) atoms. The van der Waals surface area contributed by atoms with E-state index in [0.717, 1.165) is 52.2 Å². The summed E-state index contributed by atoms with van der Waals surface area (Å²) in [7, 11) is 0. The van der Waals surface area contributed by atoms with Gasteiger partial charge in [0.15, 0.2) is 0 Å². The van der Waals surface area contributed by atoms with Crippen molar-refractivity contribution in [3.05, 3.63) is 53.3 Å². The third-order valence-electron chi connectivity index (χ3n) is 5.86. The van der Waals surface area contributed by atoms with Gasteiger partial charge < -0.3 is 15.4 Å². The molecule has 4 rings (SSSR count). The second-order valence-corrected chi connectivity index (χ2v) is 7.97. The smallest absolute Gasteiger partial charge is 0.271 e. The molecule has 2 N–H and O–H groups in total. The van der Waals surface area contributed by atoms with Crippen molar-refractivity contribution >= 4 is 18.3 Å². The number of rotatable bonds is 6. The summed E-state index contributed by atoms with van der Waals surface area (Å²) < 4.78 is 7.45. The van der Waals surface area contributed by atoms with Crippen LogP contribution in [0.1, 0.15) is 46.5 Å². The monoisotopic (exact) mass is 433 g/mol. The molecule has 7 nitrogen and oxygen atoms in total. The fourth-order valence-corrected chi connectivity index (χ4v) is 4.23. The van der Waals surface area contributed by atoms with E-state index < -0.39 is 0 Å². The zero-order chi connectivity index (χ0) is 20.1. The number of nitrogens with one attached hydrogen (secondary N) is 2. The van der Waals surface area contributed by atoms with Crippen LogP contribution in [0.3, 0.4) is 0 Å². The fraction of sp³-hybridized carbons (Fsp3) is 0.545. The minimum atomic E-state index is -0.113. The second-order valence-electron chi connectivity index (χ2n) is 7.97. The molecule has 164 valence electrons. The summed E-state index contributed by atoms with van der Waals surface area (Å²) in [4.78, 5) is 15.2. The maximum absolute atomic E-state index is 12.8. The second kappa shape index (κ2) is 10.9. The summed E-state index contributed by atoms with van der Waals surface area (Å²) in [5.74, 6) is -0.113. The molecule has 8 heteroatoms. The van der Waals surface area contributed by atoms with Gasteiger partial charge in [0.2, 0.25) is 0 Å². The zero-order valence-electron chi connectivity index (χ0n) is 17.5. The van der Waals surface area contributed by atoms with E-state index in [2.05, 4.69) is 51.8 Å². The Morgan fingerprint density at radius 2 is 2.17 bits per heavy atom. The van der Waals surface area contributed by atoms with Crippen LogP contribution in [0.15, 0.2) is 36.5 Å². The van der Waals surface area contributed by atoms with E-state index in [4.69, 9.17) is 4.74 Å². The van der Waals surface area contributed by atoms with Crippen molar-refractivity contribution in [1.29, 1.82) is 0 Å². The van der Waals surface area contributed by atoms with Crippen molar-refractivity contribution in [2.75, 3.05) is 45.9 Å². The van der Waals surface area contributed by atoms with E-state index in [-0.39, 0.29) is 24.4 Å². The molecule has 1 aromatic carbocycles. The SMILES string of the molecule is Cc1cccc(C(CNC(=O)c2ccn(C3CCCNC3)n2)N2CCOCC2)c1.Cl. The topological polar surface area (TPSA) is 71.4 Å². The van der Waals surface area contributed by atoms with Gasteiger partial charge in [-0.3, -0.25) is 14.4 Å². The van der Waals surface area contributed by atoms with E-state index in [9.17, 15) is 4.79 Å². The Morgan fingerprint density at radius 3 is 2.90 bits per heavy atom. The van der Waals surface area contributed by atoms with Crippen LogP contribution < -0.4 is 10.6 Å². The fourth-order valence-electron chi connectivity index (χ4n) is 4.23. The number of carbonyl (C=O) groups excluding carboxylic acids is 1. The van der Waals surface area contributed by atoms with Crippen LogP contribution in [-0.2, 0) is 4.74 Å². The molecule has 1 aromatic heterocycles. The van der Waals surface area contributed by atoms with Crippen LogP contribution in [0.5, 0.6) is 0 Å². The van der Waals surface area contributed by atoms with Crippen molar-refractivity contribution < 1.29 is 9.53 Å². The Kier molecular flexibility index (Phi) is 8.27. The van der Waals surface area contributed by atoms with Crippen LogP contribution in [-0.4, -0.2) is 66.5 Å². The van der Waals surface area contributed by atoms with Gasteiger partial charge in [-0.25, -0.2) is 0 Å². The summed E-state index contributed by atoms with van der Waals surface area (Å²) in [5.41, 5.74) is 2.94. The minimum absolute atomic E-state index is 0. The van der Waals surface area contributed by atoms with Crippen molar-refractivity contribution in [2.45, 2.75) is 31.8 Å². The number of halogens is 1. The van der Waals surface area contributed by atoms with E-state index >= 15 is 0 Å². The van der Waals surface area contributed by atoms with E-state index in [0.29, 0.717) is 18.3 Å². The maximum atomic E-state index is 12.8. The van der Waals surface area contributed by atoms with Crippen LogP contribution >= 0.6 is 12.4 Å². The van der Waals surface area contributed by atoms with Crippen LogP contribution in [0.4, 0.5) is 0 Å². The average molecular weight is 434 g/mol. The average Bonchev–Trinajstić information content (AvgIpc) is 3.26. The molecule has 0 aliphatic carbocycles. The van der Waals surface area contributed by atoms with Crippen LogP contribution in [0.2, 0.25) is 0 Å². The first-order chi connectivity index (χ1) is 14.2. The van der Waals surface area contributed by atoms with Gasteiger partial charge in [0.05, 0.1) is 25.3 Å². The lowest BCUT2D eigenvalue weighted by atomic mass is 10.0. The number of morpholine rings is 1. The summed E-state index contributed by atoms with van der Waals surface area (Å²) in [6.07, 6.45) is 4.17. The summed E-state index contributed by atoms with van der Waals surface area (Å²) in [6, 6.07) is 10.8. The summed E-state index contributed by atoms with van der Waals surface area (Å²) >= 11 is 0. The van der Waals surface area contributed by atoms with E-state index in [1.807, 2.05) is 16.9 Å². The molecule has 2 aromatic rings. The number of amides is 1. The zero-order valence-corrected chi connectivity index (χ0v) is 18.4. The number of ether oxygens (including phenoxy) is 1. The van der Waals surface area contributed by atoms with E-state index in [1.54, 1.807) is 0 Å². The van der Waals surface area contributed by atoms with Crippen molar-refractivity contribution in [3.63, 3.8) is 0 Å². The predicted octanol–water partition coefficient (Wildman–Crippen LogP) is 2.34. The van der Waals surface area contributed by atoms with Gasteiger partial charge in [-0.1, -0.05) is 29.8 Å². The predicted molar refractivity (Wildman–Crippen MR) is 119 cm³/mol. The van der Waals surface area contributed by atoms with Gasteiger partial charge in [0, 0.05) is 32.4 Å². The highest BCUT2D eigenvalue weighted by Gasteiger charge is 2.24. The molecule has 0 spiro atoms. The van der Waals surface area contributed by atoms with Gasteiger partial charge >= 0.3 is 0 Å². The molecule has 2 fully saturated rings. The number of aryl methyl sites for hydroxylation is 1. The Morgan fingerprint density at radius 1 is 1.33 bits per heavy atom. The minimum Gasteiger partial charge on any atom is -0.379 e. The van der Waals surface area contributed by atoms with Gasteiger partial charge in [-0.2, -0.15) is 5.10 Å². The van der Waals surface area contributed by atoms with Crippen molar-refractivity contribution in [1.82, 2.24) is 25.3 Å². The Bertz CT molecular complexity index is 815. The number of piperidine rings is 1.